The van der Waals surface area contributed by atoms with Crippen molar-refractivity contribution in [2.75, 3.05) is 6.61 Å². The maximum absolute atomic E-state index is 11.4. The Kier molecular flexibility index (Phi) is 6.49. The third-order valence-corrected chi connectivity index (χ3v) is 11.7. The van der Waals surface area contributed by atoms with Crippen molar-refractivity contribution in [2.45, 2.75) is 104 Å². The van der Waals surface area contributed by atoms with Gasteiger partial charge in [0.15, 0.2) is 0 Å². The summed E-state index contributed by atoms with van der Waals surface area (Å²) in [6.07, 6.45) is 16.0. The molecule has 5 fully saturated rings. The van der Waals surface area contributed by atoms with E-state index in [2.05, 4.69) is 32.5 Å². The summed E-state index contributed by atoms with van der Waals surface area (Å²) in [7, 11) is 0. The largest absolute Gasteiger partial charge is 0.396 e. The molecular formula is C28H47NO2. The average molecular weight is 430 g/mol. The normalized spacial score (nSPS) is 53.0. The Morgan fingerprint density at radius 1 is 0.935 bits per heavy atom. The van der Waals surface area contributed by atoms with E-state index in [0.717, 1.165) is 30.1 Å². The first-order valence-electron chi connectivity index (χ1n) is 13.3. The monoisotopic (exact) mass is 429 g/mol. The van der Waals surface area contributed by atoms with Crippen LogP contribution in [0.15, 0.2) is 17.8 Å². The van der Waals surface area contributed by atoms with Gasteiger partial charge in [0.25, 0.3) is 0 Å². The van der Waals surface area contributed by atoms with Crippen molar-refractivity contribution in [1.29, 1.82) is 0 Å². The lowest BCUT2D eigenvalue weighted by Crippen LogP contribution is -2.61. The van der Waals surface area contributed by atoms with Crippen LogP contribution in [0, 0.1) is 56.7 Å². The predicted molar refractivity (Wildman–Crippen MR) is 129 cm³/mol. The summed E-state index contributed by atoms with van der Waals surface area (Å²) in [6, 6.07) is 0.0529. The maximum Gasteiger partial charge on any atom is 0.0948 e. The van der Waals surface area contributed by atoms with Gasteiger partial charge in [-0.3, -0.25) is 0 Å². The van der Waals surface area contributed by atoms with E-state index in [0.29, 0.717) is 29.3 Å². The lowest BCUT2D eigenvalue weighted by atomic mass is 9.37. The number of aliphatic hydroxyl groups is 1. The molecule has 0 bridgehead atoms. The molecule has 5 rings (SSSR count). The van der Waals surface area contributed by atoms with Crippen molar-refractivity contribution >= 4 is 0 Å². The molecule has 5 aliphatic rings. The Labute approximate surface area is 190 Å². The standard InChI is InChI=1S/C25H41NO2.C3H6/c1-16-18-8-12-24(3)19-9-14-25(15-27)11-4-5-20(25)17(19)6-7-22(24)23(18,2)13-10-21(16)26-28;1-3-2/h16-22,27H,4-15H2,1-3H3;3H,1H2,2H3. The molecule has 0 aliphatic heterocycles. The Morgan fingerprint density at radius 3 is 2.26 bits per heavy atom. The first-order valence-corrected chi connectivity index (χ1v) is 13.3. The molecule has 3 nitrogen and oxygen atoms in total. The van der Waals surface area contributed by atoms with Crippen molar-refractivity contribution in [3.05, 3.63) is 17.6 Å². The predicted octanol–water partition coefficient (Wildman–Crippen LogP) is 7.38. The second-order valence-electron chi connectivity index (χ2n) is 12.6. The second-order valence-corrected chi connectivity index (χ2v) is 12.6. The molecule has 10 unspecified atom stereocenters. The summed E-state index contributed by atoms with van der Waals surface area (Å²) in [4.78, 5) is 11.4. The lowest BCUT2D eigenvalue weighted by Gasteiger charge is -2.67. The molecule has 31 heavy (non-hydrogen) atoms. The van der Waals surface area contributed by atoms with Crippen LogP contribution in [0.4, 0.5) is 0 Å². The van der Waals surface area contributed by atoms with E-state index in [1.807, 2.05) is 6.92 Å². The summed E-state index contributed by atoms with van der Waals surface area (Å²) >= 11 is 0. The highest BCUT2D eigenvalue weighted by atomic mass is 16.3. The van der Waals surface area contributed by atoms with Crippen LogP contribution in [-0.4, -0.2) is 17.8 Å². The third-order valence-electron chi connectivity index (χ3n) is 11.7. The lowest BCUT2D eigenvalue weighted by molar-refractivity contribution is -0.187. The van der Waals surface area contributed by atoms with Gasteiger partial charge >= 0.3 is 0 Å². The van der Waals surface area contributed by atoms with Crippen LogP contribution in [0.3, 0.4) is 0 Å². The minimum atomic E-state index is 0.0529. The van der Waals surface area contributed by atoms with E-state index in [-0.39, 0.29) is 11.5 Å². The molecule has 10 atom stereocenters. The van der Waals surface area contributed by atoms with Crippen LogP contribution in [0.1, 0.15) is 98.3 Å². The minimum absolute atomic E-state index is 0.0529. The van der Waals surface area contributed by atoms with E-state index in [1.165, 1.54) is 64.2 Å². The van der Waals surface area contributed by atoms with E-state index in [4.69, 9.17) is 0 Å². The van der Waals surface area contributed by atoms with Gasteiger partial charge in [0.1, 0.15) is 0 Å². The molecule has 0 aromatic rings. The number of hydrogen-bond donors (Lipinski definition) is 1. The van der Waals surface area contributed by atoms with Crippen LogP contribution >= 0.6 is 0 Å². The van der Waals surface area contributed by atoms with Crippen molar-refractivity contribution in [3.63, 3.8) is 0 Å². The molecule has 0 heterocycles. The number of nitrogens with zero attached hydrogens (tertiary/aromatic N) is 1. The highest BCUT2D eigenvalue weighted by Crippen LogP contribution is 2.71. The van der Waals surface area contributed by atoms with E-state index in [1.54, 1.807) is 6.08 Å². The highest BCUT2D eigenvalue weighted by Gasteiger charge is 2.64. The SMILES string of the molecule is C=CC.CC1C(N=O)CCC2(C)C1CCC1(C)C3CCC4(CO)CCCC4C3CCC21. The van der Waals surface area contributed by atoms with Crippen LogP contribution in [-0.2, 0) is 0 Å². The second kappa shape index (κ2) is 8.58. The molecular weight excluding hydrogens is 382 g/mol. The topological polar surface area (TPSA) is 49.7 Å². The number of nitroso groups, excluding NO2 is 1. The zero-order chi connectivity index (χ0) is 22.4. The van der Waals surface area contributed by atoms with Crippen LogP contribution in [0.5, 0.6) is 0 Å². The Morgan fingerprint density at radius 2 is 1.58 bits per heavy atom. The van der Waals surface area contributed by atoms with E-state index >= 15 is 0 Å². The molecule has 0 spiro atoms. The molecule has 5 aliphatic carbocycles. The van der Waals surface area contributed by atoms with E-state index in [9.17, 15) is 10.0 Å². The minimum Gasteiger partial charge on any atom is -0.396 e. The fraction of sp³-hybridized carbons (Fsp3) is 0.929. The molecule has 0 aromatic carbocycles. The molecule has 0 radical (unpaired) electrons. The fourth-order valence-electron chi connectivity index (χ4n) is 10.4. The molecule has 5 saturated carbocycles. The average Bonchev–Trinajstić information content (AvgIpc) is 3.19. The summed E-state index contributed by atoms with van der Waals surface area (Å²) < 4.78 is 0. The van der Waals surface area contributed by atoms with E-state index < -0.39 is 0 Å². The molecule has 0 saturated heterocycles. The van der Waals surface area contributed by atoms with Gasteiger partial charge in [-0.15, -0.1) is 6.58 Å². The first-order chi connectivity index (χ1) is 14.8. The Balaban J connectivity index is 0.000000730. The number of fused-ring (bicyclic) bond motifs is 7. The fourth-order valence-corrected chi connectivity index (χ4v) is 10.4. The molecule has 0 aromatic heterocycles. The van der Waals surface area contributed by atoms with Crippen molar-refractivity contribution in [3.8, 4) is 0 Å². The molecule has 0 amide bonds. The van der Waals surface area contributed by atoms with Crippen molar-refractivity contribution < 1.29 is 5.11 Å². The van der Waals surface area contributed by atoms with Gasteiger partial charge in [-0.1, -0.05) is 38.4 Å². The number of rotatable bonds is 2. The van der Waals surface area contributed by atoms with Gasteiger partial charge in [-0.05, 0) is 123 Å². The zero-order valence-corrected chi connectivity index (χ0v) is 20.6. The number of allylic oxidation sites excluding steroid dienone is 1. The van der Waals surface area contributed by atoms with Gasteiger partial charge in [0, 0.05) is 6.61 Å². The number of aliphatic hydroxyl groups excluding tert-OH is 1. The van der Waals surface area contributed by atoms with Crippen molar-refractivity contribution in [1.82, 2.24) is 0 Å². The quantitative estimate of drug-likeness (QED) is 0.368. The van der Waals surface area contributed by atoms with Crippen LogP contribution < -0.4 is 0 Å². The molecule has 3 heteroatoms. The summed E-state index contributed by atoms with van der Waals surface area (Å²) in [5.74, 6) is 4.47. The van der Waals surface area contributed by atoms with Crippen molar-refractivity contribution in [2.24, 2.45) is 56.9 Å². The summed E-state index contributed by atoms with van der Waals surface area (Å²) in [5, 5.41) is 13.8. The maximum atomic E-state index is 11.4. The Bertz CT molecular complexity index is 678. The van der Waals surface area contributed by atoms with Gasteiger partial charge in [0.2, 0.25) is 0 Å². The first kappa shape index (κ1) is 23.5. The van der Waals surface area contributed by atoms with Gasteiger partial charge in [-0.25, -0.2) is 0 Å². The smallest absolute Gasteiger partial charge is 0.0948 e. The van der Waals surface area contributed by atoms with Crippen LogP contribution in [0.2, 0.25) is 0 Å². The van der Waals surface area contributed by atoms with Gasteiger partial charge < -0.3 is 5.11 Å². The van der Waals surface area contributed by atoms with Gasteiger partial charge in [0.05, 0.1) is 6.04 Å². The van der Waals surface area contributed by atoms with Crippen LogP contribution in [0.25, 0.3) is 0 Å². The Hall–Kier alpha value is -0.700. The zero-order valence-electron chi connectivity index (χ0n) is 20.6. The van der Waals surface area contributed by atoms with Gasteiger partial charge in [-0.2, -0.15) is 4.91 Å². The highest BCUT2D eigenvalue weighted by molar-refractivity contribution is 5.13. The molecule has 1 N–H and O–H groups in total. The third kappa shape index (κ3) is 3.39. The summed E-state index contributed by atoms with van der Waals surface area (Å²) in [5.41, 5.74) is 1.15. The summed E-state index contributed by atoms with van der Waals surface area (Å²) in [6.45, 7) is 13.2. The number of hydrogen-bond acceptors (Lipinski definition) is 3. The molecule has 176 valence electrons.